The van der Waals surface area contributed by atoms with Crippen molar-refractivity contribution in [3.63, 3.8) is 0 Å². The number of thiocarbonyl (C=S) groups is 1. The molecule has 0 radical (unpaired) electrons. The number of esters is 1. The summed E-state index contributed by atoms with van der Waals surface area (Å²) in [6, 6.07) is 9.94. The zero-order valence-corrected chi connectivity index (χ0v) is 19.5. The standard InChI is InChI=1S/C23H32N2O2S2/c1-5-8-12-17(6-2)15-24-23(28)25-21-20(22(26)27-7-3)19(16(4)29-21)18-13-10-9-11-14-18/h9-11,13-14,17H,5-8,12,15H2,1-4H3,(H2,24,25,28). The average Bonchev–Trinajstić information content (AvgIpc) is 3.04. The molecule has 0 aliphatic heterocycles. The summed E-state index contributed by atoms with van der Waals surface area (Å²) >= 11 is 7.06. The van der Waals surface area contributed by atoms with E-state index in [1.54, 1.807) is 0 Å². The van der Waals surface area contributed by atoms with Crippen LogP contribution in [0.15, 0.2) is 30.3 Å². The number of carbonyl (C=O) groups excluding carboxylic acids is 1. The van der Waals surface area contributed by atoms with E-state index in [9.17, 15) is 4.79 Å². The molecule has 29 heavy (non-hydrogen) atoms. The van der Waals surface area contributed by atoms with E-state index in [4.69, 9.17) is 17.0 Å². The third-order valence-electron chi connectivity index (χ3n) is 4.95. The molecule has 0 saturated heterocycles. The van der Waals surface area contributed by atoms with Crippen LogP contribution >= 0.6 is 23.6 Å². The number of unbranched alkanes of at least 4 members (excludes halogenated alkanes) is 1. The van der Waals surface area contributed by atoms with E-state index in [1.807, 2.05) is 44.2 Å². The van der Waals surface area contributed by atoms with Crippen molar-refractivity contribution in [1.82, 2.24) is 5.32 Å². The fraction of sp³-hybridized carbons (Fsp3) is 0.478. The molecule has 158 valence electrons. The van der Waals surface area contributed by atoms with Crippen molar-refractivity contribution in [2.24, 2.45) is 5.92 Å². The van der Waals surface area contributed by atoms with Gasteiger partial charge in [0.15, 0.2) is 5.11 Å². The van der Waals surface area contributed by atoms with Crippen LogP contribution in [-0.2, 0) is 4.74 Å². The number of rotatable bonds is 10. The number of hydrogen-bond acceptors (Lipinski definition) is 4. The van der Waals surface area contributed by atoms with E-state index in [-0.39, 0.29) is 5.97 Å². The van der Waals surface area contributed by atoms with E-state index >= 15 is 0 Å². The maximum atomic E-state index is 12.8. The molecular formula is C23H32N2O2S2. The molecule has 0 aliphatic carbocycles. The third-order valence-corrected chi connectivity index (χ3v) is 6.21. The van der Waals surface area contributed by atoms with Crippen LogP contribution in [0.1, 0.15) is 61.7 Å². The Hall–Kier alpha value is -1.92. The fourth-order valence-electron chi connectivity index (χ4n) is 3.31. The molecule has 6 heteroatoms. The Morgan fingerprint density at radius 2 is 1.93 bits per heavy atom. The molecule has 2 aromatic rings. The van der Waals surface area contributed by atoms with Gasteiger partial charge in [0.1, 0.15) is 10.6 Å². The molecule has 1 atom stereocenters. The summed E-state index contributed by atoms with van der Waals surface area (Å²) in [5.74, 6) is 0.277. The molecule has 1 aromatic heterocycles. The fourth-order valence-corrected chi connectivity index (χ4v) is 4.63. The van der Waals surface area contributed by atoms with Gasteiger partial charge in [-0.25, -0.2) is 4.79 Å². The van der Waals surface area contributed by atoms with Gasteiger partial charge in [-0.1, -0.05) is 63.4 Å². The highest BCUT2D eigenvalue weighted by Gasteiger charge is 2.25. The lowest BCUT2D eigenvalue weighted by molar-refractivity contribution is 0.0529. The smallest absolute Gasteiger partial charge is 0.341 e. The molecule has 2 N–H and O–H groups in total. The largest absolute Gasteiger partial charge is 0.462 e. The number of hydrogen-bond donors (Lipinski definition) is 2. The van der Waals surface area contributed by atoms with Crippen LogP contribution in [-0.4, -0.2) is 24.2 Å². The van der Waals surface area contributed by atoms with Crippen LogP contribution in [0.3, 0.4) is 0 Å². The quantitative estimate of drug-likeness (QED) is 0.336. The Bertz CT molecular complexity index is 803. The van der Waals surface area contributed by atoms with Crippen molar-refractivity contribution >= 4 is 39.6 Å². The molecule has 0 saturated carbocycles. The summed E-state index contributed by atoms with van der Waals surface area (Å²) in [6.07, 6.45) is 4.77. The van der Waals surface area contributed by atoms with Gasteiger partial charge in [0.2, 0.25) is 0 Å². The first-order valence-electron chi connectivity index (χ1n) is 10.4. The van der Waals surface area contributed by atoms with E-state index in [2.05, 4.69) is 24.5 Å². The van der Waals surface area contributed by atoms with Gasteiger partial charge in [-0.3, -0.25) is 0 Å². The number of aryl methyl sites for hydroxylation is 1. The minimum Gasteiger partial charge on any atom is -0.462 e. The van der Waals surface area contributed by atoms with Crippen LogP contribution in [0.25, 0.3) is 11.1 Å². The molecule has 0 amide bonds. The first-order chi connectivity index (χ1) is 14.0. The molecule has 0 bridgehead atoms. The van der Waals surface area contributed by atoms with Crippen molar-refractivity contribution in [3.05, 3.63) is 40.8 Å². The zero-order valence-electron chi connectivity index (χ0n) is 17.8. The van der Waals surface area contributed by atoms with Gasteiger partial charge in [0.05, 0.1) is 6.61 Å². The molecule has 0 fully saturated rings. The number of anilines is 1. The van der Waals surface area contributed by atoms with Crippen LogP contribution in [0.5, 0.6) is 0 Å². The predicted octanol–water partition coefficient (Wildman–Crippen LogP) is 6.40. The highest BCUT2D eigenvalue weighted by molar-refractivity contribution is 7.80. The van der Waals surface area contributed by atoms with Crippen molar-refractivity contribution < 1.29 is 9.53 Å². The second-order valence-electron chi connectivity index (χ2n) is 7.08. The predicted molar refractivity (Wildman–Crippen MR) is 128 cm³/mol. The zero-order chi connectivity index (χ0) is 21.2. The summed E-state index contributed by atoms with van der Waals surface area (Å²) in [7, 11) is 0. The van der Waals surface area contributed by atoms with E-state index in [0.717, 1.165) is 34.0 Å². The number of nitrogens with one attached hydrogen (secondary N) is 2. The second kappa shape index (κ2) is 11.9. The van der Waals surface area contributed by atoms with Crippen molar-refractivity contribution in [2.45, 2.75) is 53.4 Å². The summed E-state index contributed by atoms with van der Waals surface area (Å²) in [4.78, 5) is 13.8. The lowest BCUT2D eigenvalue weighted by atomic mass is 9.99. The Morgan fingerprint density at radius 3 is 2.55 bits per heavy atom. The maximum absolute atomic E-state index is 12.8. The highest BCUT2D eigenvalue weighted by Crippen LogP contribution is 2.40. The molecular weight excluding hydrogens is 400 g/mol. The Morgan fingerprint density at radius 1 is 1.21 bits per heavy atom. The van der Waals surface area contributed by atoms with Crippen LogP contribution in [0.4, 0.5) is 5.00 Å². The van der Waals surface area contributed by atoms with E-state index in [0.29, 0.717) is 23.2 Å². The van der Waals surface area contributed by atoms with Crippen molar-refractivity contribution in [2.75, 3.05) is 18.5 Å². The molecule has 1 aromatic carbocycles. The van der Waals surface area contributed by atoms with Crippen LogP contribution < -0.4 is 10.6 Å². The van der Waals surface area contributed by atoms with Gasteiger partial charge in [-0.05, 0) is 44.0 Å². The number of benzene rings is 1. The maximum Gasteiger partial charge on any atom is 0.341 e. The Labute approximate surface area is 184 Å². The van der Waals surface area contributed by atoms with Gasteiger partial charge in [0.25, 0.3) is 0 Å². The normalized spacial score (nSPS) is 11.7. The molecule has 1 unspecified atom stereocenters. The minimum atomic E-state index is -0.324. The topological polar surface area (TPSA) is 50.4 Å². The summed E-state index contributed by atoms with van der Waals surface area (Å²) < 4.78 is 5.35. The van der Waals surface area contributed by atoms with Gasteiger partial charge < -0.3 is 15.4 Å². The third kappa shape index (κ3) is 6.54. The summed E-state index contributed by atoms with van der Waals surface area (Å²) in [6.45, 7) is 9.44. The molecule has 4 nitrogen and oxygen atoms in total. The second-order valence-corrected chi connectivity index (χ2v) is 8.71. The molecule has 0 aliphatic rings. The summed E-state index contributed by atoms with van der Waals surface area (Å²) in [5.41, 5.74) is 2.47. The Balaban J connectivity index is 2.21. The number of thiophene rings is 1. The van der Waals surface area contributed by atoms with Gasteiger partial charge in [0, 0.05) is 17.0 Å². The molecule has 0 spiro atoms. The van der Waals surface area contributed by atoms with Crippen LogP contribution in [0, 0.1) is 12.8 Å². The molecule has 1 heterocycles. The first-order valence-corrected chi connectivity index (χ1v) is 11.6. The van der Waals surface area contributed by atoms with E-state index < -0.39 is 0 Å². The minimum absolute atomic E-state index is 0.324. The summed E-state index contributed by atoms with van der Waals surface area (Å²) in [5, 5.41) is 7.87. The van der Waals surface area contributed by atoms with E-state index in [1.165, 1.54) is 30.6 Å². The first kappa shape index (κ1) is 23.4. The molecule has 2 rings (SSSR count). The SMILES string of the molecule is CCCCC(CC)CNC(=S)Nc1sc(C)c(-c2ccccc2)c1C(=O)OCC. The lowest BCUT2D eigenvalue weighted by Crippen LogP contribution is -2.33. The monoisotopic (exact) mass is 432 g/mol. The Kier molecular flexibility index (Phi) is 9.61. The van der Waals surface area contributed by atoms with Gasteiger partial charge >= 0.3 is 5.97 Å². The van der Waals surface area contributed by atoms with Crippen LogP contribution in [0.2, 0.25) is 0 Å². The highest BCUT2D eigenvalue weighted by atomic mass is 32.1. The number of carbonyl (C=O) groups is 1. The lowest BCUT2D eigenvalue weighted by Gasteiger charge is -2.17. The van der Waals surface area contributed by atoms with Gasteiger partial charge in [-0.15, -0.1) is 11.3 Å². The van der Waals surface area contributed by atoms with Crippen molar-refractivity contribution in [3.8, 4) is 11.1 Å². The number of ether oxygens (including phenoxy) is 1. The van der Waals surface area contributed by atoms with Crippen molar-refractivity contribution in [1.29, 1.82) is 0 Å². The van der Waals surface area contributed by atoms with Gasteiger partial charge in [-0.2, -0.15) is 0 Å². The average molecular weight is 433 g/mol.